The van der Waals surface area contributed by atoms with E-state index in [2.05, 4.69) is 32.2 Å². The fraction of sp³-hybridized carbons (Fsp3) is 0.733. The smallest absolute Gasteiger partial charge is 0.317 e. The van der Waals surface area contributed by atoms with Crippen LogP contribution < -0.4 is 5.32 Å². The largest absolute Gasteiger partial charge is 0.481 e. The number of urea groups is 1. The van der Waals surface area contributed by atoms with Crippen molar-refractivity contribution in [2.75, 3.05) is 19.6 Å². The van der Waals surface area contributed by atoms with Crippen LogP contribution in [0, 0.1) is 11.8 Å². The molecule has 1 rings (SSSR count). The predicted octanol–water partition coefficient (Wildman–Crippen LogP) is 2.49. The van der Waals surface area contributed by atoms with Gasteiger partial charge in [-0.1, -0.05) is 25.5 Å². The fourth-order valence-corrected chi connectivity index (χ4v) is 2.45. The molecule has 0 bridgehead atoms. The zero-order valence-corrected chi connectivity index (χ0v) is 12.7. The van der Waals surface area contributed by atoms with Gasteiger partial charge in [0.05, 0.1) is 0 Å². The first-order valence-corrected chi connectivity index (χ1v) is 7.28. The molecule has 0 saturated carbocycles. The lowest BCUT2D eigenvalue weighted by molar-refractivity contribution is -0.138. The van der Waals surface area contributed by atoms with Gasteiger partial charge in [0.1, 0.15) is 0 Å². The maximum Gasteiger partial charge on any atom is 0.317 e. The van der Waals surface area contributed by atoms with Crippen LogP contribution >= 0.6 is 0 Å². The molecule has 0 aromatic heterocycles. The van der Waals surface area contributed by atoms with Gasteiger partial charge in [0, 0.05) is 26.1 Å². The van der Waals surface area contributed by atoms with Crippen LogP contribution in [0.1, 0.15) is 40.0 Å². The number of hydrogen-bond acceptors (Lipinski definition) is 2. The minimum atomic E-state index is -0.804. The number of nitrogens with one attached hydrogen (secondary N) is 1. The Bertz CT molecular complexity index is 377. The molecule has 0 aromatic carbocycles. The van der Waals surface area contributed by atoms with Crippen LogP contribution in [0.5, 0.6) is 0 Å². The van der Waals surface area contributed by atoms with Gasteiger partial charge in [-0.2, -0.15) is 0 Å². The van der Waals surface area contributed by atoms with E-state index < -0.39 is 5.97 Å². The van der Waals surface area contributed by atoms with Crippen molar-refractivity contribution in [2.24, 2.45) is 11.8 Å². The van der Waals surface area contributed by atoms with E-state index in [1.807, 2.05) is 0 Å². The summed E-state index contributed by atoms with van der Waals surface area (Å²) in [5, 5.41) is 11.8. The maximum atomic E-state index is 12.0. The van der Waals surface area contributed by atoms with Crippen molar-refractivity contribution in [3.63, 3.8) is 0 Å². The first-order valence-electron chi connectivity index (χ1n) is 7.28. The van der Waals surface area contributed by atoms with Crippen LogP contribution in [-0.4, -0.2) is 41.6 Å². The monoisotopic (exact) mass is 282 g/mol. The Labute approximate surface area is 121 Å². The minimum absolute atomic E-state index is 0.00137. The topological polar surface area (TPSA) is 69.6 Å². The molecule has 5 nitrogen and oxygen atoms in total. The molecule has 1 unspecified atom stereocenters. The van der Waals surface area contributed by atoms with Crippen molar-refractivity contribution in [3.05, 3.63) is 11.6 Å². The number of carbonyl (C=O) groups is 2. The van der Waals surface area contributed by atoms with Crippen molar-refractivity contribution in [1.29, 1.82) is 0 Å². The summed E-state index contributed by atoms with van der Waals surface area (Å²) < 4.78 is 0. The summed E-state index contributed by atoms with van der Waals surface area (Å²) in [5.41, 5.74) is 1.32. The summed E-state index contributed by atoms with van der Waals surface area (Å²) in [6.45, 7) is 8.01. The van der Waals surface area contributed by atoms with E-state index in [1.54, 1.807) is 4.90 Å². The Morgan fingerprint density at radius 1 is 1.45 bits per heavy atom. The Balaban J connectivity index is 2.41. The third-order valence-corrected chi connectivity index (χ3v) is 3.53. The van der Waals surface area contributed by atoms with Crippen LogP contribution in [0.2, 0.25) is 0 Å². The molecule has 20 heavy (non-hydrogen) atoms. The van der Waals surface area contributed by atoms with Crippen LogP contribution in [0.15, 0.2) is 11.6 Å². The fourth-order valence-electron chi connectivity index (χ4n) is 2.45. The number of carboxylic acids is 1. The van der Waals surface area contributed by atoms with Gasteiger partial charge in [-0.05, 0) is 31.6 Å². The zero-order valence-electron chi connectivity index (χ0n) is 12.7. The molecule has 1 atom stereocenters. The SMILES string of the molecule is CC1=CCN(C(=O)NCC(CC(=O)O)CC(C)C)CC1. The highest BCUT2D eigenvalue weighted by atomic mass is 16.4. The first-order chi connectivity index (χ1) is 9.38. The molecule has 1 heterocycles. The van der Waals surface area contributed by atoms with Gasteiger partial charge in [-0.3, -0.25) is 4.79 Å². The Hall–Kier alpha value is -1.52. The van der Waals surface area contributed by atoms with Crippen molar-refractivity contribution in [3.8, 4) is 0 Å². The summed E-state index contributed by atoms with van der Waals surface area (Å²) in [6.07, 6.45) is 3.90. The molecule has 0 aliphatic carbocycles. The molecule has 0 fully saturated rings. The van der Waals surface area contributed by atoms with Gasteiger partial charge in [-0.25, -0.2) is 4.79 Å². The van der Waals surface area contributed by atoms with Gasteiger partial charge in [0.15, 0.2) is 0 Å². The molecule has 2 N–H and O–H groups in total. The summed E-state index contributed by atoms with van der Waals surface area (Å²) in [5.74, 6) is -0.378. The lowest BCUT2D eigenvalue weighted by atomic mass is 9.94. The molecule has 0 spiro atoms. The molecule has 2 amide bonds. The van der Waals surface area contributed by atoms with Crippen LogP contribution in [-0.2, 0) is 4.79 Å². The van der Waals surface area contributed by atoms with Crippen molar-refractivity contribution >= 4 is 12.0 Å². The van der Waals surface area contributed by atoms with E-state index in [4.69, 9.17) is 5.11 Å². The van der Waals surface area contributed by atoms with Gasteiger partial charge in [0.2, 0.25) is 0 Å². The third kappa shape index (κ3) is 6.08. The van der Waals surface area contributed by atoms with E-state index in [9.17, 15) is 9.59 Å². The number of hydrogen-bond donors (Lipinski definition) is 2. The number of carbonyl (C=O) groups excluding carboxylic acids is 1. The van der Waals surface area contributed by atoms with Crippen molar-refractivity contribution in [2.45, 2.75) is 40.0 Å². The summed E-state index contributed by atoms with van der Waals surface area (Å²) in [6, 6.07) is -0.0899. The molecule has 0 aromatic rings. The van der Waals surface area contributed by atoms with Crippen molar-refractivity contribution < 1.29 is 14.7 Å². The number of carboxylic acid groups (broad SMARTS) is 1. The summed E-state index contributed by atoms with van der Waals surface area (Å²) >= 11 is 0. The molecular formula is C15H26N2O3. The molecule has 1 aliphatic heterocycles. The molecule has 1 aliphatic rings. The Morgan fingerprint density at radius 2 is 2.15 bits per heavy atom. The van der Waals surface area contributed by atoms with E-state index in [0.717, 1.165) is 19.4 Å². The predicted molar refractivity (Wildman–Crippen MR) is 78.5 cm³/mol. The second-order valence-corrected chi connectivity index (χ2v) is 6.03. The first kappa shape index (κ1) is 16.5. The quantitative estimate of drug-likeness (QED) is 0.735. The molecule has 0 saturated heterocycles. The van der Waals surface area contributed by atoms with Crippen LogP contribution in [0.4, 0.5) is 4.79 Å². The van der Waals surface area contributed by atoms with Gasteiger partial charge in [0.25, 0.3) is 0 Å². The Morgan fingerprint density at radius 3 is 2.65 bits per heavy atom. The Kier molecular flexibility index (Phi) is 6.55. The van der Waals surface area contributed by atoms with Gasteiger partial charge < -0.3 is 15.3 Å². The highest BCUT2D eigenvalue weighted by Gasteiger charge is 2.19. The minimum Gasteiger partial charge on any atom is -0.481 e. The second-order valence-electron chi connectivity index (χ2n) is 6.03. The van der Waals surface area contributed by atoms with E-state index >= 15 is 0 Å². The highest BCUT2D eigenvalue weighted by Crippen LogP contribution is 2.15. The molecular weight excluding hydrogens is 256 g/mol. The molecule has 5 heteroatoms. The number of nitrogens with zero attached hydrogens (tertiary/aromatic N) is 1. The normalized spacial score (nSPS) is 16.8. The highest BCUT2D eigenvalue weighted by molar-refractivity contribution is 5.74. The van der Waals surface area contributed by atoms with Gasteiger partial charge >= 0.3 is 12.0 Å². The maximum absolute atomic E-state index is 12.0. The van der Waals surface area contributed by atoms with Crippen LogP contribution in [0.3, 0.4) is 0 Å². The second kappa shape index (κ2) is 7.92. The summed E-state index contributed by atoms with van der Waals surface area (Å²) in [7, 11) is 0. The van der Waals surface area contributed by atoms with E-state index in [0.29, 0.717) is 19.0 Å². The van der Waals surface area contributed by atoms with Gasteiger partial charge in [-0.15, -0.1) is 0 Å². The molecule has 114 valence electrons. The zero-order chi connectivity index (χ0) is 15.1. The van der Waals surface area contributed by atoms with E-state index in [1.165, 1.54) is 5.57 Å². The molecule has 0 radical (unpaired) electrons. The van der Waals surface area contributed by atoms with Crippen molar-refractivity contribution in [1.82, 2.24) is 10.2 Å². The standard InChI is InChI=1S/C15H26N2O3/c1-11(2)8-13(9-14(18)19)10-16-15(20)17-6-4-12(3)5-7-17/h4,11,13H,5-10H2,1-3H3,(H,16,20)(H,18,19). The number of amides is 2. The van der Waals surface area contributed by atoms with Crippen LogP contribution in [0.25, 0.3) is 0 Å². The lowest BCUT2D eigenvalue weighted by Gasteiger charge is -2.27. The average molecular weight is 282 g/mol. The lowest BCUT2D eigenvalue weighted by Crippen LogP contribution is -2.44. The number of rotatable bonds is 6. The average Bonchev–Trinajstić information content (AvgIpc) is 2.35. The number of aliphatic carboxylic acids is 1. The third-order valence-electron chi connectivity index (χ3n) is 3.53. The van der Waals surface area contributed by atoms with E-state index in [-0.39, 0.29) is 18.4 Å². The summed E-state index contributed by atoms with van der Waals surface area (Å²) in [4.78, 5) is 24.6.